The minimum atomic E-state index is -0.875. The Hall–Kier alpha value is -3.61. The fraction of sp³-hybridized carbons (Fsp3) is 0.385. The summed E-state index contributed by atoms with van der Waals surface area (Å²) in [5, 5.41) is 59.3. The Morgan fingerprint density at radius 1 is 1.03 bits per heavy atom. The van der Waals surface area contributed by atoms with Crippen molar-refractivity contribution in [3.63, 3.8) is 0 Å². The quantitative estimate of drug-likeness (QED) is 0.214. The summed E-state index contributed by atoms with van der Waals surface area (Å²) in [4.78, 5) is 6.33. The van der Waals surface area contributed by atoms with Crippen molar-refractivity contribution in [3.05, 3.63) is 40.4 Å². The first-order chi connectivity index (χ1) is 17.0. The van der Waals surface area contributed by atoms with Gasteiger partial charge in [-0.1, -0.05) is 23.7 Å². The second kappa shape index (κ2) is 9.80. The number of halogens is 1. The normalized spacial score (nSPS) is 14.7. The van der Waals surface area contributed by atoms with Crippen molar-refractivity contribution in [1.82, 2.24) is 10.3 Å². The number of nitrogens with one attached hydrogen (secondary N) is 2. The van der Waals surface area contributed by atoms with E-state index in [-0.39, 0.29) is 33.9 Å². The molecule has 6 N–H and O–H groups in total. The lowest BCUT2D eigenvalue weighted by molar-refractivity contribution is 0.317. The summed E-state index contributed by atoms with van der Waals surface area (Å²) in [7, 11) is 0. The number of anilines is 2. The van der Waals surface area contributed by atoms with Gasteiger partial charge in [-0.2, -0.15) is 5.26 Å². The molecule has 0 saturated carbocycles. The van der Waals surface area contributed by atoms with E-state index >= 15 is 0 Å². The Morgan fingerprint density at radius 3 is 2.22 bits per heavy atom. The minimum absolute atomic E-state index is 0.0126. The number of nitriles is 1. The number of pyridine rings is 1. The van der Waals surface area contributed by atoms with Gasteiger partial charge in [0.2, 0.25) is 11.5 Å². The van der Waals surface area contributed by atoms with Crippen LogP contribution in [0.25, 0.3) is 10.9 Å². The number of aromatic hydroxyl groups is 4. The first-order valence-electron chi connectivity index (χ1n) is 11.7. The highest BCUT2D eigenvalue weighted by Gasteiger charge is 2.31. The van der Waals surface area contributed by atoms with Crippen LogP contribution in [0.4, 0.5) is 11.5 Å². The van der Waals surface area contributed by atoms with Gasteiger partial charge in [-0.05, 0) is 51.3 Å². The molecule has 10 heteroatoms. The second-order valence-corrected chi connectivity index (χ2v) is 10.5. The maximum Gasteiger partial charge on any atom is 0.206 e. The molecule has 1 aliphatic heterocycles. The fourth-order valence-corrected chi connectivity index (χ4v) is 4.75. The van der Waals surface area contributed by atoms with Gasteiger partial charge >= 0.3 is 0 Å². The lowest BCUT2D eigenvalue weighted by Crippen LogP contribution is -2.49. The number of aromatic nitrogens is 1. The molecule has 0 radical (unpaired) electrons. The average Bonchev–Trinajstić information content (AvgIpc) is 2.84. The van der Waals surface area contributed by atoms with Crippen LogP contribution in [0.5, 0.6) is 23.0 Å². The van der Waals surface area contributed by atoms with Gasteiger partial charge in [0.1, 0.15) is 23.0 Å². The topological polar surface area (TPSA) is 145 Å². The first-order valence-corrected chi connectivity index (χ1v) is 12.1. The van der Waals surface area contributed by atoms with E-state index < -0.39 is 23.0 Å². The van der Waals surface area contributed by atoms with Gasteiger partial charge in [0.05, 0.1) is 11.1 Å². The zero-order valence-electron chi connectivity index (χ0n) is 20.4. The van der Waals surface area contributed by atoms with Crippen molar-refractivity contribution in [1.29, 1.82) is 5.26 Å². The summed E-state index contributed by atoms with van der Waals surface area (Å²) in [6, 6.07) is 9.65. The smallest absolute Gasteiger partial charge is 0.206 e. The Balaban J connectivity index is 1.80. The lowest BCUT2D eigenvalue weighted by Gasteiger charge is -2.38. The van der Waals surface area contributed by atoms with Crippen molar-refractivity contribution in [2.45, 2.75) is 51.7 Å². The molecule has 1 saturated heterocycles. The van der Waals surface area contributed by atoms with Gasteiger partial charge < -0.3 is 36.0 Å². The van der Waals surface area contributed by atoms with E-state index in [1.165, 1.54) is 0 Å². The lowest BCUT2D eigenvalue weighted by atomic mass is 9.97. The summed E-state index contributed by atoms with van der Waals surface area (Å²) in [5.41, 5.74) is 1.24. The predicted molar refractivity (Wildman–Crippen MR) is 140 cm³/mol. The number of benzene rings is 2. The molecule has 0 aliphatic carbocycles. The molecular formula is C26H30ClN5O4. The SMILES string of the molecule is CC(C)(C)NC1CCN(c2c(C#N)c(NCc3ccc(Cl)cc3)nc3c(O)c(O)c(O)c(O)c23)CC1. The van der Waals surface area contributed by atoms with Crippen LogP contribution in [0.15, 0.2) is 24.3 Å². The van der Waals surface area contributed by atoms with E-state index in [0.29, 0.717) is 30.3 Å². The van der Waals surface area contributed by atoms with E-state index in [1.807, 2.05) is 17.0 Å². The van der Waals surface area contributed by atoms with Gasteiger partial charge in [0.15, 0.2) is 11.5 Å². The molecule has 3 aromatic rings. The highest BCUT2D eigenvalue weighted by molar-refractivity contribution is 6.30. The van der Waals surface area contributed by atoms with Gasteiger partial charge in [0, 0.05) is 36.2 Å². The van der Waals surface area contributed by atoms with E-state index in [0.717, 1.165) is 18.4 Å². The number of piperidine rings is 1. The maximum atomic E-state index is 10.8. The summed E-state index contributed by atoms with van der Waals surface area (Å²) in [6.07, 6.45) is 1.58. The number of fused-ring (bicyclic) bond motifs is 1. The molecule has 0 bridgehead atoms. The molecule has 36 heavy (non-hydrogen) atoms. The summed E-state index contributed by atoms with van der Waals surface area (Å²) >= 11 is 5.97. The van der Waals surface area contributed by atoms with Crippen LogP contribution in [-0.4, -0.2) is 50.1 Å². The maximum absolute atomic E-state index is 10.8. The van der Waals surface area contributed by atoms with Gasteiger partial charge in [0.25, 0.3) is 0 Å². The molecule has 0 spiro atoms. The van der Waals surface area contributed by atoms with Gasteiger partial charge in [-0.25, -0.2) is 4.98 Å². The molecule has 2 heterocycles. The van der Waals surface area contributed by atoms with Crippen LogP contribution >= 0.6 is 11.6 Å². The molecule has 1 aromatic heterocycles. The highest BCUT2D eigenvalue weighted by Crippen LogP contribution is 2.52. The second-order valence-electron chi connectivity index (χ2n) is 10.0. The highest BCUT2D eigenvalue weighted by atomic mass is 35.5. The van der Waals surface area contributed by atoms with Crippen molar-refractivity contribution < 1.29 is 20.4 Å². The molecule has 9 nitrogen and oxygen atoms in total. The van der Waals surface area contributed by atoms with Crippen LogP contribution in [0.3, 0.4) is 0 Å². The monoisotopic (exact) mass is 511 g/mol. The number of hydrogen-bond acceptors (Lipinski definition) is 9. The van der Waals surface area contributed by atoms with Gasteiger partial charge in [-0.15, -0.1) is 0 Å². The molecular weight excluding hydrogens is 482 g/mol. The molecule has 4 rings (SSSR count). The molecule has 0 unspecified atom stereocenters. The van der Waals surface area contributed by atoms with E-state index in [9.17, 15) is 25.7 Å². The Morgan fingerprint density at radius 2 is 1.64 bits per heavy atom. The minimum Gasteiger partial charge on any atom is -0.504 e. The van der Waals surface area contributed by atoms with Crippen LogP contribution < -0.4 is 15.5 Å². The Bertz CT molecular complexity index is 1320. The van der Waals surface area contributed by atoms with Crippen LogP contribution in [0.1, 0.15) is 44.7 Å². The predicted octanol–water partition coefficient (Wildman–Crippen LogP) is 4.55. The van der Waals surface area contributed by atoms with Crippen LogP contribution in [0.2, 0.25) is 5.02 Å². The summed E-state index contributed by atoms with van der Waals surface area (Å²) < 4.78 is 0. The van der Waals surface area contributed by atoms with E-state index in [1.54, 1.807) is 12.1 Å². The third-order valence-electron chi connectivity index (χ3n) is 6.24. The van der Waals surface area contributed by atoms with Crippen molar-refractivity contribution in [3.8, 4) is 29.1 Å². The molecule has 2 aromatic carbocycles. The third kappa shape index (κ3) is 5.01. The van der Waals surface area contributed by atoms with Crippen molar-refractivity contribution in [2.24, 2.45) is 0 Å². The zero-order valence-corrected chi connectivity index (χ0v) is 21.2. The van der Waals surface area contributed by atoms with Crippen molar-refractivity contribution in [2.75, 3.05) is 23.3 Å². The standard InChI is InChI=1S/C26H30ClN5O4/c1-26(2,3)31-16-8-10-32(11-9-16)20-17(12-28)25(29-13-14-4-6-15(27)7-5-14)30-19-18(20)21(33)23(35)24(36)22(19)34/h4-7,16,31,33-36H,8-11,13H2,1-3H3,(H,29,30). The fourth-order valence-electron chi connectivity index (χ4n) is 4.62. The molecule has 0 amide bonds. The summed E-state index contributed by atoms with van der Waals surface area (Å²) in [6.45, 7) is 7.78. The van der Waals surface area contributed by atoms with E-state index in [4.69, 9.17) is 11.6 Å². The van der Waals surface area contributed by atoms with Crippen molar-refractivity contribution >= 4 is 34.0 Å². The Labute approximate surface area is 214 Å². The molecule has 190 valence electrons. The molecule has 1 fully saturated rings. The number of hydrogen-bond donors (Lipinski definition) is 6. The van der Waals surface area contributed by atoms with Crippen LogP contribution in [-0.2, 0) is 6.54 Å². The number of phenols is 4. The third-order valence-corrected chi connectivity index (χ3v) is 6.49. The number of nitrogens with zero attached hydrogens (tertiary/aromatic N) is 3. The Kier molecular flexibility index (Phi) is 6.94. The van der Waals surface area contributed by atoms with Gasteiger partial charge in [-0.3, -0.25) is 0 Å². The average molecular weight is 512 g/mol. The molecule has 1 aliphatic rings. The van der Waals surface area contributed by atoms with Crippen LogP contribution in [0, 0.1) is 11.3 Å². The molecule has 0 atom stereocenters. The largest absolute Gasteiger partial charge is 0.504 e. The number of phenolic OH excluding ortho intramolecular Hbond substituents is 4. The number of rotatable bonds is 5. The first kappa shape index (κ1) is 25.5. The van der Waals surface area contributed by atoms with E-state index in [2.05, 4.69) is 42.5 Å². The summed E-state index contributed by atoms with van der Waals surface area (Å²) in [5.74, 6) is -2.87. The zero-order chi connectivity index (χ0) is 26.2.